The molecule has 0 spiro atoms. The Labute approximate surface area is 171 Å². The van der Waals surface area contributed by atoms with Crippen LogP contribution in [0.25, 0.3) is 11.0 Å². The fourth-order valence-electron chi connectivity index (χ4n) is 2.55. The van der Waals surface area contributed by atoms with Crippen molar-refractivity contribution in [2.75, 3.05) is 14.2 Å². The summed E-state index contributed by atoms with van der Waals surface area (Å²) in [4.78, 5) is 13.1. The normalized spacial score (nSPS) is 11.9. The molecular formula is C17H18N3NaO3S. The number of imidazole rings is 1. The first-order chi connectivity index (χ1) is 11.5. The summed E-state index contributed by atoms with van der Waals surface area (Å²) in [6.07, 6.45) is 1.73. The van der Waals surface area contributed by atoms with Gasteiger partial charge in [0.25, 0.3) is 0 Å². The summed E-state index contributed by atoms with van der Waals surface area (Å²) < 4.78 is 23.2. The number of benzene rings is 1. The van der Waals surface area contributed by atoms with Crippen LogP contribution in [0.15, 0.2) is 29.6 Å². The van der Waals surface area contributed by atoms with E-state index in [1.807, 2.05) is 13.8 Å². The first kappa shape index (κ1) is 20.1. The van der Waals surface area contributed by atoms with E-state index in [1.165, 1.54) is 0 Å². The fourth-order valence-corrected chi connectivity index (χ4v) is 3.62. The average molecular weight is 367 g/mol. The minimum absolute atomic E-state index is 0. The van der Waals surface area contributed by atoms with Gasteiger partial charge in [0.2, 0.25) is 0 Å². The van der Waals surface area contributed by atoms with Crippen LogP contribution in [0.4, 0.5) is 0 Å². The van der Waals surface area contributed by atoms with Gasteiger partial charge in [-0.3, -0.25) is 4.98 Å². The van der Waals surface area contributed by atoms with Crippen molar-refractivity contribution in [3.63, 3.8) is 0 Å². The quantitative estimate of drug-likeness (QED) is 0.448. The molecule has 0 amide bonds. The maximum absolute atomic E-state index is 12.6. The number of pyridine rings is 1. The Morgan fingerprint density at radius 1 is 1.20 bits per heavy atom. The molecule has 0 aliphatic heterocycles. The van der Waals surface area contributed by atoms with Gasteiger partial charge in [0.05, 0.1) is 19.9 Å². The van der Waals surface area contributed by atoms with E-state index in [1.54, 1.807) is 38.6 Å². The van der Waals surface area contributed by atoms with Crippen molar-refractivity contribution in [3.8, 4) is 11.5 Å². The molecule has 8 heteroatoms. The average Bonchev–Trinajstić information content (AvgIpc) is 3.01. The second-order valence-electron chi connectivity index (χ2n) is 5.40. The number of aromatic nitrogens is 3. The van der Waals surface area contributed by atoms with Crippen molar-refractivity contribution in [3.05, 3.63) is 41.2 Å². The molecule has 0 unspecified atom stereocenters. The third-order valence-electron chi connectivity index (χ3n) is 3.84. The molecule has 1 atom stereocenters. The Hall–Kier alpha value is -1.25. The smallest absolute Gasteiger partial charge is 0.612 e. The molecule has 3 rings (SSSR count). The Morgan fingerprint density at radius 3 is 2.64 bits per heavy atom. The number of nitrogens with zero attached hydrogens (tertiary/aromatic N) is 3. The zero-order valence-electron chi connectivity index (χ0n) is 15.0. The summed E-state index contributed by atoms with van der Waals surface area (Å²) in [5, 5.41) is 0.305. The van der Waals surface area contributed by atoms with Crippen molar-refractivity contribution < 1.29 is 43.6 Å². The summed E-state index contributed by atoms with van der Waals surface area (Å²) in [6.45, 7) is 3.85. The molecule has 25 heavy (non-hydrogen) atoms. The Bertz CT molecular complexity index is 885. The van der Waals surface area contributed by atoms with Gasteiger partial charge in [-0.1, -0.05) is 6.07 Å². The van der Waals surface area contributed by atoms with Gasteiger partial charge in [0, 0.05) is 17.3 Å². The van der Waals surface area contributed by atoms with Crippen LogP contribution in [0.3, 0.4) is 0 Å². The first-order valence-electron chi connectivity index (χ1n) is 7.39. The standard InChI is InChI=1S/C17H18N3O3S.Na/c1-10-8-18-15(11(2)16(10)23-4)9-24(21)17-19-13-6-5-12(22-3)7-14(13)20-17;/h5-8H,9H2,1-4H3;/q-1;+1/t24-;/m0./s1. The van der Waals surface area contributed by atoms with Crippen LogP contribution >= 0.6 is 0 Å². The molecule has 2 aromatic heterocycles. The molecule has 0 bridgehead atoms. The number of ether oxygens (including phenoxy) is 2. The number of aryl methyl sites for hydroxylation is 1. The zero-order valence-corrected chi connectivity index (χ0v) is 17.8. The van der Waals surface area contributed by atoms with Crippen LogP contribution in [-0.2, 0) is 16.9 Å². The van der Waals surface area contributed by atoms with E-state index < -0.39 is 11.2 Å². The first-order valence-corrected chi connectivity index (χ1v) is 8.71. The van der Waals surface area contributed by atoms with Crippen molar-refractivity contribution in [1.82, 2.24) is 15.0 Å². The van der Waals surface area contributed by atoms with E-state index in [9.17, 15) is 4.55 Å². The van der Waals surface area contributed by atoms with E-state index in [-0.39, 0.29) is 35.3 Å². The van der Waals surface area contributed by atoms with Crippen molar-refractivity contribution in [2.24, 2.45) is 0 Å². The number of rotatable bonds is 5. The summed E-state index contributed by atoms with van der Waals surface area (Å²) in [6, 6.07) is 5.39. The van der Waals surface area contributed by atoms with E-state index in [2.05, 4.69) is 15.0 Å². The molecule has 0 radical (unpaired) electrons. The van der Waals surface area contributed by atoms with Crippen molar-refractivity contribution in [2.45, 2.75) is 24.8 Å². The molecule has 1 aromatic carbocycles. The third kappa shape index (κ3) is 4.12. The predicted molar refractivity (Wildman–Crippen MR) is 92.0 cm³/mol. The summed E-state index contributed by atoms with van der Waals surface area (Å²) in [7, 11) is 3.21. The summed E-state index contributed by atoms with van der Waals surface area (Å²) >= 11 is -1.38. The van der Waals surface area contributed by atoms with Gasteiger partial charge in [0.1, 0.15) is 16.7 Å². The maximum Gasteiger partial charge on any atom is 1.00 e. The van der Waals surface area contributed by atoms with Gasteiger partial charge >= 0.3 is 29.6 Å². The van der Waals surface area contributed by atoms with Gasteiger partial charge in [-0.25, -0.2) is 0 Å². The molecule has 6 nitrogen and oxygen atoms in total. The molecule has 2 heterocycles. The maximum atomic E-state index is 12.6. The molecule has 126 valence electrons. The Morgan fingerprint density at radius 2 is 1.96 bits per heavy atom. The van der Waals surface area contributed by atoms with Crippen LogP contribution in [0, 0.1) is 13.8 Å². The van der Waals surface area contributed by atoms with Crippen LogP contribution in [0.5, 0.6) is 11.5 Å². The van der Waals surface area contributed by atoms with Crippen LogP contribution < -0.4 is 44.0 Å². The van der Waals surface area contributed by atoms with E-state index in [0.29, 0.717) is 21.9 Å². The second kappa shape index (κ2) is 8.42. The molecule has 0 saturated carbocycles. The van der Waals surface area contributed by atoms with Gasteiger partial charge in [-0.05, 0) is 48.2 Å². The third-order valence-corrected chi connectivity index (χ3v) is 4.96. The molecule has 0 saturated heterocycles. The van der Waals surface area contributed by atoms with Gasteiger partial charge in [-0.15, -0.1) is 0 Å². The van der Waals surface area contributed by atoms with Crippen LogP contribution in [0.1, 0.15) is 16.8 Å². The predicted octanol–water partition coefficient (Wildman–Crippen LogP) is -0.467. The fraction of sp³-hybridized carbons (Fsp3) is 0.294. The van der Waals surface area contributed by atoms with E-state index in [0.717, 1.165) is 22.6 Å². The van der Waals surface area contributed by atoms with E-state index in [4.69, 9.17) is 9.47 Å². The van der Waals surface area contributed by atoms with Crippen molar-refractivity contribution in [1.29, 1.82) is 0 Å². The number of methoxy groups -OCH3 is 2. The van der Waals surface area contributed by atoms with Gasteiger partial charge in [-0.2, -0.15) is 0 Å². The SMILES string of the molecule is COc1ccc2[n-]c([S@@+]([O-])Cc3ncc(C)c(OC)c3C)nc2c1.[Na+]. The monoisotopic (exact) mass is 367 g/mol. The largest absolute Gasteiger partial charge is 1.00 e. The van der Waals surface area contributed by atoms with E-state index >= 15 is 0 Å². The summed E-state index contributed by atoms with van der Waals surface area (Å²) in [5.41, 5.74) is 3.94. The van der Waals surface area contributed by atoms with Crippen LogP contribution in [-0.4, -0.2) is 28.7 Å². The molecule has 3 aromatic rings. The molecule has 0 aliphatic rings. The minimum Gasteiger partial charge on any atom is -0.612 e. The number of hydrogen-bond acceptors (Lipinski definition) is 5. The van der Waals surface area contributed by atoms with Crippen LogP contribution in [0.2, 0.25) is 0 Å². The summed E-state index contributed by atoms with van der Waals surface area (Å²) in [5.74, 6) is 1.71. The minimum atomic E-state index is -1.38. The molecular weight excluding hydrogens is 349 g/mol. The Kier molecular flexibility index (Phi) is 6.76. The molecule has 0 aliphatic carbocycles. The van der Waals surface area contributed by atoms with Gasteiger partial charge < -0.3 is 24.0 Å². The van der Waals surface area contributed by atoms with Gasteiger partial charge in [0.15, 0.2) is 5.75 Å². The zero-order chi connectivity index (χ0) is 17.3. The Balaban J connectivity index is 0.00000225. The topological polar surface area (TPSA) is 81.4 Å². The molecule has 0 fully saturated rings. The van der Waals surface area contributed by atoms with Crippen molar-refractivity contribution >= 4 is 22.2 Å². The molecule has 0 N–H and O–H groups in total. The number of fused-ring (bicyclic) bond motifs is 1. The number of hydrogen-bond donors (Lipinski definition) is 0. The second-order valence-corrected chi connectivity index (χ2v) is 6.74.